The van der Waals surface area contributed by atoms with E-state index in [2.05, 4.69) is 0 Å². The minimum atomic E-state index is -2.35. The summed E-state index contributed by atoms with van der Waals surface area (Å²) in [6, 6.07) is 5.88. The van der Waals surface area contributed by atoms with Crippen molar-refractivity contribution in [3.63, 3.8) is 0 Å². The van der Waals surface area contributed by atoms with Gasteiger partial charge in [-0.1, -0.05) is 17.7 Å². The molecule has 7 heteroatoms. The number of carbonyl (C=O) groups excluding carboxylic acids is 1. The summed E-state index contributed by atoms with van der Waals surface area (Å²) in [4.78, 5) is 13.0. The minimum Gasteiger partial charge on any atom is -0.350 e. The summed E-state index contributed by atoms with van der Waals surface area (Å²) in [7, 11) is 0. The molecule has 6 nitrogen and oxygen atoms in total. The second-order valence-electron chi connectivity index (χ2n) is 2.85. The number of carbonyl (C=O) groups is 1. The van der Waals surface area contributed by atoms with Gasteiger partial charge in [-0.25, -0.2) is 14.0 Å². The Labute approximate surface area is 89.5 Å². The Balaban J connectivity index is 2.94. The van der Waals surface area contributed by atoms with E-state index in [0.29, 0.717) is 5.69 Å². The van der Waals surface area contributed by atoms with Gasteiger partial charge in [0.05, 0.1) is 5.69 Å². The molecule has 1 unspecified atom stereocenters. The zero-order valence-electron chi connectivity index (χ0n) is 8.01. The van der Waals surface area contributed by atoms with Crippen LogP contribution in [0.4, 0.5) is 10.5 Å². The molecule has 2 amide bonds. The van der Waals surface area contributed by atoms with E-state index in [4.69, 9.17) is 10.3 Å². The van der Waals surface area contributed by atoms with Crippen molar-refractivity contribution in [3.8, 4) is 0 Å². The molecule has 0 fully saturated rings. The molecule has 0 spiro atoms. The molecule has 0 radical (unpaired) electrons. The highest BCUT2D eigenvalue weighted by Gasteiger charge is 2.13. The van der Waals surface area contributed by atoms with E-state index < -0.39 is 17.3 Å². The Morgan fingerprint density at radius 3 is 2.40 bits per heavy atom. The molecule has 1 rings (SSSR count). The number of aryl methyl sites for hydroxylation is 1. The van der Waals surface area contributed by atoms with Crippen molar-refractivity contribution in [2.24, 2.45) is 5.73 Å². The van der Waals surface area contributed by atoms with Gasteiger partial charge in [0.1, 0.15) is 0 Å². The van der Waals surface area contributed by atoms with Gasteiger partial charge in [0.15, 0.2) is 0 Å². The number of hydrogen-bond acceptors (Lipinski definition) is 2. The summed E-state index contributed by atoms with van der Waals surface area (Å²) in [5, 5.41) is 0.801. The van der Waals surface area contributed by atoms with Crippen LogP contribution in [-0.2, 0) is 11.3 Å². The van der Waals surface area contributed by atoms with Crippen molar-refractivity contribution in [1.29, 1.82) is 0 Å². The monoisotopic (exact) mass is 229 g/mol. The van der Waals surface area contributed by atoms with Crippen molar-refractivity contribution in [1.82, 2.24) is 4.83 Å². The standard InChI is InChI=1S/C8H11N3O3S/c1-6-2-4-7(5-3-6)11(8(9)12)10-15(13)14/h2-5,10H,1H3,(H2,9,12)(H,13,14). The fraction of sp³-hybridized carbons (Fsp3) is 0.125. The van der Waals surface area contributed by atoms with Crippen LogP contribution < -0.4 is 15.6 Å². The second kappa shape index (κ2) is 4.87. The Bertz CT molecular complexity index is 379. The summed E-state index contributed by atoms with van der Waals surface area (Å²) in [6.07, 6.45) is 0. The van der Waals surface area contributed by atoms with Gasteiger partial charge < -0.3 is 5.73 Å². The maximum atomic E-state index is 11.0. The van der Waals surface area contributed by atoms with Gasteiger partial charge in [-0.2, -0.15) is 0 Å². The lowest BCUT2D eigenvalue weighted by Crippen LogP contribution is -2.46. The quantitative estimate of drug-likeness (QED) is 0.521. The van der Waals surface area contributed by atoms with Gasteiger partial charge in [0, 0.05) is 0 Å². The summed E-state index contributed by atoms with van der Waals surface area (Å²) < 4.78 is 19.1. The zero-order valence-corrected chi connectivity index (χ0v) is 8.82. The number of primary amides is 1. The van der Waals surface area contributed by atoms with Crippen LogP contribution >= 0.6 is 0 Å². The molecular formula is C8H11N3O3S. The van der Waals surface area contributed by atoms with Gasteiger partial charge in [0.2, 0.25) is 0 Å². The van der Waals surface area contributed by atoms with E-state index in [9.17, 15) is 9.00 Å². The first-order valence-corrected chi connectivity index (χ1v) is 5.15. The lowest BCUT2D eigenvalue weighted by molar-refractivity contribution is 0.253. The van der Waals surface area contributed by atoms with Crippen LogP contribution in [0, 0.1) is 6.92 Å². The number of benzene rings is 1. The Kier molecular flexibility index (Phi) is 3.78. The van der Waals surface area contributed by atoms with Gasteiger partial charge in [-0.3, -0.25) is 4.55 Å². The predicted octanol–water partition coefficient (Wildman–Crippen LogP) is 0.521. The smallest absolute Gasteiger partial charge is 0.334 e. The first kappa shape index (κ1) is 11.6. The molecule has 0 heterocycles. The molecule has 0 aliphatic rings. The van der Waals surface area contributed by atoms with Crippen LogP contribution in [0.2, 0.25) is 0 Å². The Hall–Kier alpha value is -1.44. The number of nitrogens with one attached hydrogen (secondary N) is 1. The Morgan fingerprint density at radius 1 is 1.47 bits per heavy atom. The third-order valence-electron chi connectivity index (χ3n) is 1.68. The van der Waals surface area contributed by atoms with Crippen molar-refractivity contribution in [2.45, 2.75) is 6.92 Å². The van der Waals surface area contributed by atoms with E-state index in [1.807, 2.05) is 11.8 Å². The second-order valence-corrected chi connectivity index (χ2v) is 3.53. The van der Waals surface area contributed by atoms with Crippen molar-refractivity contribution < 1.29 is 13.6 Å². The number of hydrazine groups is 1. The van der Waals surface area contributed by atoms with Gasteiger partial charge in [0.25, 0.3) is 11.3 Å². The van der Waals surface area contributed by atoms with Gasteiger partial charge in [-0.05, 0) is 19.1 Å². The third-order valence-corrected chi connectivity index (χ3v) is 2.02. The topological polar surface area (TPSA) is 95.7 Å². The molecule has 15 heavy (non-hydrogen) atoms. The average Bonchev–Trinajstić information content (AvgIpc) is 2.15. The summed E-state index contributed by atoms with van der Waals surface area (Å²) in [5.74, 6) is 0. The zero-order chi connectivity index (χ0) is 11.4. The number of nitrogens with zero attached hydrogens (tertiary/aromatic N) is 1. The summed E-state index contributed by atoms with van der Waals surface area (Å²) in [5.41, 5.74) is 6.44. The van der Waals surface area contributed by atoms with Crippen molar-refractivity contribution in [3.05, 3.63) is 29.8 Å². The summed E-state index contributed by atoms with van der Waals surface area (Å²) >= 11 is -2.35. The molecule has 0 bridgehead atoms. The molecule has 1 atom stereocenters. The van der Waals surface area contributed by atoms with E-state index >= 15 is 0 Å². The molecule has 0 saturated carbocycles. The van der Waals surface area contributed by atoms with E-state index in [1.165, 1.54) is 0 Å². The van der Waals surface area contributed by atoms with Crippen molar-refractivity contribution in [2.75, 3.05) is 5.01 Å². The predicted molar refractivity (Wildman–Crippen MR) is 57.1 cm³/mol. The van der Waals surface area contributed by atoms with Crippen LogP contribution in [0.1, 0.15) is 5.56 Å². The lowest BCUT2D eigenvalue weighted by Gasteiger charge is -2.18. The fourth-order valence-corrected chi connectivity index (χ4v) is 1.35. The van der Waals surface area contributed by atoms with E-state index in [0.717, 1.165) is 10.6 Å². The van der Waals surface area contributed by atoms with Crippen LogP contribution in [-0.4, -0.2) is 14.8 Å². The van der Waals surface area contributed by atoms with Crippen LogP contribution in [0.15, 0.2) is 24.3 Å². The SMILES string of the molecule is Cc1ccc(N(NS(=O)O)C(N)=O)cc1. The molecule has 0 saturated heterocycles. The number of anilines is 1. The third kappa shape index (κ3) is 3.31. The lowest BCUT2D eigenvalue weighted by atomic mass is 10.2. The first-order valence-electron chi connectivity index (χ1n) is 4.04. The molecule has 82 valence electrons. The van der Waals surface area contributed by atoms with E-state index in [-0.39, 0.29) is 0 Å². The number of nitrogens with two attached hydrogens (primary N) is 1. The highest BCUT2D eigenvalue weighted by atomic mass is 32.2. The molecule has 0 aromatic heterocycles. The minimum absolute atomic E-state index is 0.399. The van der Waals surface area contributed by atoms with Gasteiger partial charge in [-0.15, -0.1) is 4.83 Å². The number of amides is 2. The molecule has 1 aromatic carbocycles. The van der Waals surface area contributed by atoms with Crippen molar-refractivity contribution >= 4 is 23.0 Å². The first-order chi connectivity index (χ1) is 7.00. The van der Waals surface area contributed by atoms with Crippen LogP contribution in [0.3, 0.4) is 0 Å². The summed E-state index contributed by atoms with van der Waals surface area (Å²) in [6.45, 7) is 1.88. The largest absolute Gasteiger partial charge is 0.350 e. The maximum absolute atomic E-state index is 11.0. The number of rotatable bonds is 3. The highest BCUT2D eigenvalue weighted by molar-refractivity contribution is 7.77. The molecule has 1 aromatic rings. The van der Waals surface area contributed by atoms with Gasteiger partial charge >= 0.3 is 6.03 Å². The highest BCUT2D eigenvalue weighted by Crippen LogP contribution is 2.12. The molecular weight excluding hydrogens is 218 g/mol. The number of urea groups is 1. The molecule has 0 aliphatic heterocycles. The van der Waals surface area contributed by atoms with Crippen LogP contribution in [0.25, 0.3) is 0 Å². The molecule has 4 N–H and O–H groups in total. The van der Waals surface area contributed by atoms with Crippen LogP contribution in [0.5, 0.6) is 0 Å². The average molecular weight is 229 g/mol. The Morgan fingerprint density at radius 2 is 2.00 bits per heavy atom. The number of hydrogen-bond donors (Lipinski definition) is 3. The molecule has 0 aliphatic carbocycles. The van der Waals surface area contributed by atoms with E-state index in [1.54, 1.807) is 24.3 Å². The normalized spacial score (nSPS) is 12.1. The maximum Gasteiger partial charge on any atom is 0.334 e. The fourth-order valence-electron chi connectivity index (χ4n) is 0.997.